The molecule has 1 unspecified atom stereocenters. The van der Waals surface area contributed by atoms with Crippen LogP contribution in [0.1, 0.15) is 50.7 Å². The van der Waals surface area contributed by atoms with E-state index in [0.29, 0.717) is 5.92 Å². The van der Waals surface area contributed by atoms with E-state index < -0.39 is 0 Å². The zero-order valence-corrected chi connectivity index (χ0v) is 14.6. The van der Waals surface area contributed by atoms with Gasteiger partial charge in [0.2, 0.25) is 0 Å². The Hall–Kier alpha value is -0.740. The zero-order valence-electron chi connectivity index (χ0n) is 13.0. The predicted molar refractivity (Wildman–Crippen MR) is 85.9 cm³/mol. The molecule has 0 aliphatic carbocycles. The van der Waals surface area contributed by atoms with Crippen molar-refractivity contribution in [2.24, 2.45) is 0 Å². The Morgan fingerprint density at radius 2 is 1.90 bits per heavy atom. The quantitative estimate of drug-likeness (QED) is 0.890. The molecule has 0 spiro atoms. The predicted octanol–water partition coefficient (Wildman–Crippen LogP) is 4.19. The first-order valence-corrected chi connectivity index (χ1v) is 7.93. The first-order chi connectivity index (χ1) is 9.44. The summed E-state index contributed by atoms with van der Waals surface area (Å²) in [5, 5.41) is 3.64. The number of benzene rings is 1. The number of methoxy groups -OCH3 is 2. The lowest BCUT2D eigenvalue weighted by molar-refractivity contribution is 0.343. The van der Waals surface area contributed by atoms with Gasteiger partial charge in [-0.05, 0) is 59.8 Å². The summed E-state index contributed by atoms with van der Waals surface area (Å²) in [4.78, 5) is 0. The summed E-state index contributed by atoms with van der Waals surface area (Å²) in [5.41, 5.74) is 2.57. The Morgan fingerprint density at radius 1 is 1.25 bits per heavy atom. The third kappa shape index (κ3) is 2.56. The molecule has 1 atom stereocenters. The highest BCUT2D eigenvalue weighted by Crippen LogP contribution is 2.47. The fourth-order valence-electron chi connectivity index (χ4n) is 3.17. The summed E-state index contributed by atoms with van der Waals surface area (Å²) >= 11 is 3.62. The maximum atomic E-state index is 5.67. The number of ether oxygens (including phenoxy) is 2. The molecule has 1 aromatic carbocycles. The van der Waals surface area contributed by atoms with Crippen LogP contribution >= 0.6 is 15.9 Å². The van der Waals surface area contributed by atoms with Gasteiger partial charge in [0.15, 0.2) is 11.5 Å². The monoisotopic (exact) mass is 341 g/mol. The smallest absolute Gasteiger partial charge is 0.175 e. The molecule has 20 heavy (non-hydrogen) atoms. The maximum Gasteiger partial charge on any atom is 0.175 e. The highest BCUT2D eigenvalue weighted by Gasteiger charge is 2.35. The van der Waals surface area contributed by atoms with Crippen molar-refractivity contribution < 1.29 is 9.47 Å². The van der Waals surface area contributed by atoms with E-state index in [0.717, 1.165) is 28.9 Å². The zero-order chi connectivity index (χ0) is 14.9. The third-order valence-corrected chi connectivity index (χ3v) is 4.77. The normalized spacial score (nSPS) is 22.4. The number of nitrogens with one attached hydrogen (secondary N) is 1. The van der Waals surface area contributed by atoms with E-state index in [2.05, 4.69) is 48.1 Å². The molecule has 1 aliphatic heterocycles. The van der Waals surface area contributed by atoms with Crippen LogP contribution in [-0.2, 0) is 5.54 Å². The minimum absolute atomic E-state index is 0.0156. The van der Waals surface area contributed by atoms with E-state index in [9.17, 15) is 0 Å². The summed E-state index contributed by atoms with van der Waals surface area (Å²) in [6, 6.07) is 2.19. The van der Waals surface area contributed by atoms with Gasteiger partial charge in [0, 0.05) is 11.1 Å². The molecule has 1 N–H and O–H groups in total. The van der Waals surface area contributed by atoms with Crippen molar-refractivity contribution in [1.29, 1.82) is 0 Å². The van der Waals surface area contributed by atoms with Gasteiger partial charge in [-0.15, -0.1) is 0 Å². The standard InChI is InChI=1S/C16H24BrNO2/c1-10(2)13-11(16(3)7-6-8-18-16)9-12(17)14(19-4)15(13)20-5/h9-10,18H,6-8H2,1-5H3. The number of hydrogen-bond acceptors (Lipinski definition) is 3. The van der Waals surface area contributed by atoms with Gasteiger partial charge in [-0.25, -0.2) is 0 Å². The average molecular weight is 342 g/mol. The van der Waals surface area contributed by atoms with Crippen molar-refractivity contribution >= 4 is 15.9 Å². The van der Waals surface area contributed by atoms with E-state index >= 15 is 0 Å². The Balaban J connectivity index is 2.70. The van der Waals surface area contributed by atoms with Crippen LogP contribution in [0.4, 0.5) is 0 Å². The molecule has 1 fully saturated rings. The molecule has 0 aromatic heterocycles. The average Bonchev–Trinajstić information content (AvgIpc) is 2.85. The van der Waals surface area contributed by atoms with Crippen LogP contribution in [0, 0.1) is 0 Å². The topological polar surface area (TPSA) is 30.5 Å². The van der Waals surface area contributed by atoms with Crippen molar-refractivity contribution in [2.75, 3.05) is 20.8 Å². The molecule has 1 aromatic rings. The second-order valence-electron chi connectivity index (χ2n) is 5.90. The lowest BCUT2D eigenvalue weighted by Gasteiger charge is -2.31. The molecule has 4 heteroatoms. The van der Waals surface area contributed by atoms with Gasteiger partial charge in [0.1, 0.15) is 0 Å². The Kier molecular flexibility index (Phi) is 4.65. The van der Waals surface area contributed by atoms with Crippen molar-refractivity contribution in [3.05, 3.63) is 21.7 Å². The van der Waals surface area contributed by atoms with Crippen LogP contribution in [0.2, 0.25) is 0 Å². The largest absolute Gasteiger partial charge is 0.493 e. The molecule has 2 rings (SSSR count). The molecule has 3 nitrogen and oxygen atoms in total. The molecule has 1 heterocycles. The highest BCUT2D eigenvalue weighted by atomic mass is 79.9. The first kappa shape index (κ1) is 15.6. The molecule has 0 saturated carbocycles. The second kappa shape index (κ2) is 5.94. The van der Waals surface area contributed by atoms with Crippen LogP contribution in [0.3, 0.4) is 0 Å². The third-order valence-electron chi connectivity index (χ3n) is 4.18. The van der Waals surface area contributed by atoms with Crippen LogP contribution in [0.5, 0.6) is 11.5 Å². The van der Waals surface area contributed by atoms with Crippen LogP contribution in [0.15, 0.2) is 10.5 Å². The number of rotatable bonds is 4. The molecule has 1 saturated heterocycles. The first-order valence-electron chi connectivity index (χ1n) is 7.14. The summed E-state index contributed by atoms with van der Waals surface area (Å²) in [5.74, 6) is 2.00. The van der Waals surface area contributed by atoms with Gasteiger partial charge < -0.3 is 14.8 Å². The van der Waals surface area contributed by atoms with Gasteiger partial charge >= 0.3 is 0 Å². The van der Waals surface area contributed by atoms with Crippen LogP contribution in [0.25, 0.3) is 0 Å². The van der Waals surface area contributed by atoms with Gasteiger partial charge in [-0.3, -0.25) is 0 Å². The minimum atomic E-state index is 0.0156. The van der Waals surface area contributed by atoms with Gasteiger partial charge in [0.05, 0.1) is 18.7 Å². The summed E-state index contributed by atoms with van der Waals surface area (Å²) in [6.07, 6.45) is 2.36. The second-order valence-corrected chi connectivity index (χ2v) is 6.76. The molecule has 112 valence electrons. The van der Waals surface area contributed by atoms with Crippen molar-refractivity contribution in [3.8, 4) is 11.5 Å². The molecular formula is C16H24BrNO2. The van der Waals surface area contributed by atoms with Gasteiger partial charge in [-0.2, -0.15) is 0 Å². The molecule has 0 amide bonds. The lowest BCUT2D eigenvalue weighted by atomic mass is 9.82. The minimum Gasteiger partial charge on any atom is -0.493 e. The van der Waals surface area contributed by atoms with Gasteiger partial charge in [0.25, 0.3) is 0 Å². The fraction of sp³-hybridized carbons (Fsp3) is 0.625. The van der Waals surface area contributed by atoms with E-state index in [-0.39, 0.29) is 5.54 Å². The van der Waals surface area contributed by atoms with Crippen molar-refractivity contribution in [1.82, 2.24) is 5.32 Å². The SMILES string of the molecule is COc1c(Br)cc(C2(C)CCCN2)c(C(C)C)c1OC. The van der Waals surface area contributed by atoms with E-state index in [1.54, 1.807) is 14.2 Å². The molecule has 0 radical (unpaired) electrons. The maximum absolute atomic E-state index is 5.67. The van der Waals surface area contributed by atoms with E-state index in [1.165, 1.54) is 17.5 Å². The highest BCUT2D eigenvalue weighted by molar-refractivity contribution is 9.10. The van der Waals surface area contributed by atoms with Crippen LogP contribution in [-0.4, -0.2) is 20.8 Å². The molecule has 1 aliphatic rings. The summed E-state index contributed by atoms with van der Waals surface area (Å²) < 4.78 is 12.1. The van der Waals surface area contributed by atoms with Gasteiger partial charge in [-0.1, -0.05) is 13.8 Å². The Morgan fingerprint density at radius 3 is 2.35 bits per heavy atom. The Bertz CT molecular complexity index is 494. The number of hydrogen-bond donors (Lipinski definition) is 1. The summed E-state index contributed by atoms with van der Waals surface area (Å²) in [6.45, 7) is 7.75. The molecular weight excluding hydrogens is 318 g/mol. The van der Waals surface area contributed by atoms with Crippen molar-refractivity contribution in [2.45, 2.75) is 45.1 Å². The fourth-order valence-corrected chi connectivity index (χ4v) is 3.74. The van der Waals surface area contributed by atoms with E-state index in [4.69, 9.17) is 9.47 Å². The number of halogens is 1. The van der Waals surface area contributed by atoms with E-state index in [1.807, 2.05) is 0 Å². The summed E-state index contributed by atoms with van der Waals surface area (Å²) in [7, 11) is 3.40. The van der Waals surface area contributed by atoms with Crippen LogP contribution < -0.4 is 14.8 Å². The van der Waals surface area contributed by atoms with Crippen molar-refractivity contribution in [3.63, 3.8) is 0 Å². The Labute approximate surface area is 130 Å². The lowest BCUT2D eigenvalue weighted by Crippen LogP contribution is -2.34. The molecule has 0 bridgehead atoms.